The molecule has 1 aromatic heterocycles. The number of thiazole rings is 1. The lowest BCUT2D eigenvalue weighted by Gasteiger charge is -2.22. The number of azo groups is 1. The molecule has 2 heterocycles. The standard InChI is InChI=1S/C15H14N4O2S/c1-9-16-10(8-22-9)7-19(2)15(21)13-11-5-3-4-6-12(11)14(20)18-17-13/h3-6,8,12H,7H2,1-2H3. The Morgan fingerprint density at radius 3 is 2.91 bits per heavy atom. The highest BCUT2D eigenvalue weighted by Gasteiger charge is 2.31. The summed E-state index contributed by atoms with van der Waals surface area (Å²) in [5.41, 5.74) is 1.66. The third kappa shape index (κ3) is 2.67. The van der Waals surface area contributed by atoms with Gasteiger partial charge >= 0.3 is 0 Å². The van der Waals surface area contributed by atoms with E-state index in [1.165, 1.54) is 4.90 Å². The fourth-order valence-corrected chi connectivity index (χ4v) is 2.95. The number of hydrogen-bond acceptors (Lipinski definition) is 5. The zero-order chi connectivity index (χ0) is 15.7. The molecule has 1 aromatic rings. The summed E-state index contributed by atoms with van der Waals surface area (Å²) in [7, 11) is 1.69. The molecule has 3 rings (SSSR count). The third-order valence-electron chi connectivity index (χ3n) is 3.43. The van der Waals surface area contributed by atoms with Crippen LogP contribution >= 0.6 is 11.3 Å². The van der Waals surface area contributed by atoms with Gasteiger partial charge in [0, 0.05) is 18.0 Å². The Balaban J connectivity index is 1.84. The van der Waals surface area contributed by atoms with E-state index in [2.05, 4.69) is 15.2 Å². The van der Waals surface area contributed by atoms with E-state index >= 15 is 0 Å². The molecule has 0 N–H and O–H groups in total. The number of fused-ring (bicyclic) bond motifs is 1. The number of nitrogens with zero attached hydrogens (tertiary/aromatic N) is 4. The first-order valence-electron chi connectivity index (χ1n) is 6.77. The SMILES string of the molecule is Cc1nc(CN(C)C(=O)C2=C3C=CC=CC3C(=O)N=N2)cs1. The molecule has 7 heteroatoms. The van der Waals surface area contributed by atoms with Crippen molar-refractivity contribution in [2.24, 2.45) is 16.1 Å². The van der Waals surface area contributed by atoms with Gasteiger partial charge in [0.2, 0.25) is 0 Å². The number of amides is 2. The zero-order valence-corrected chi connectivity index (χ0v) is 13.0. The van der Waals surface area contributed by atoms with Crippen molar-refractivity contribution >= 4 is 23.2 Å². The average molecular weight is 314 g/mol. The van der Waals surface area contributed by atoms with Gasteiger partial charge < -0.3 is 4.90 Å². The largest absolute Gasteiger partial charge is 0.334 e. The van der Waals surface area contributed by atoms with Crippen LogP contribution in [0.5, 0.6) is 0 Å². The van der Waals surface area contributed by atoms with Gasteiger partial charge in [-0.05, 0) is 6.92 Å². The maximum atomic E-state index is 12.6. The predicted octanol–water partition coefficient (Wildman–Crippen LogP) is 2.40. The van der Waals surface area contributed by atoms with Crippen molar-refractivity contribution in [3.63, 3.8) is 0 Å². The Morgan fingerprint density at radius 1 is 1.36 bits per heavy atom. The molecule has 0 spiro atoms. The second-order valence-electron chi connectivity index (χ2n) is 5.08. The molecule has 0 fully saturated rings. The molecule has 2 amide bonds. The molecular formula is C15H14N4O2S. The minimum Gasteiger partial charge on any atom is -0.334 e. The first kappa shape index (κ1) is 14.5. The summed E-state index contributed by atoms with van der Waals surface area (Å²) < 4.78 is 0. The fourth-order valence-electron chi connectivity index (χ4n) is 2.35. The highest BCUT2D eigenvalue weighted by molar-refractivity contribution is 7.09. The van der Waals surface area contributed by atoms with Gasteiger partial charge in [-0.3, -0.25) is 9.59 Å². The van der Waals surface area contributed by atoms with Gasteiger partial charge in [0.25, 0.3) is 11.8 Å². The van der Waals surface area contributed by atoms with Crippen LogP contribution in [0.15, 0.2) is 51.2 Å². The Bertz CT molecular complexity index is 757. The summed E-state index contributed by atoms with van der Waals surface area (Å²) in [5.74, 6) is -1.11. The van der Waals surface area contributed by atoms with Crippen LogP contribution in [-0.4, -0.2) is 28.7 Å². The number of hydrogen-bond donors (Lipinski definition) is 0. The van der Waals surface area contributed by atoms with Crippen LogP contribution in [0.25, 0.3) is 0 Å². The Labute approximate surface area is 131 Å². The summed E-state index contributed by atoms with van der Waals surface area (Å²) >= 11 is 1.54. The van der Waals surface area contributed by atoms with Crippen molar-refractivity contribution in [2.75, 3.05) is 7.05 Å². The molecular weight excluding hydrogens is 300 g/mol. The van der Waals surface area contributed by atoms with Crippen LogP contribution in [-0.2, 0) is 16.1 Å². The highest BCUT2D eigenvalue weighted by atomic mass is 32.1. The molecule has 0 aromatic carbocycles. The topological polar surface area (TPSA) is 75.0 Å². The van der Waals surface area contributed by atoms with Gasteiger partial charge in [-0.15, -0.1) is 21.6 Å². The van der Waals surface area contributed by atoms with Crippen LogP contribution in [0.2, 0.25) is 0 Å². The normalized spacial score (nSPS) is 19.5. The molecule has 0 bridgehead atoms. The molecule has 1 atom stereocenters. The number of allylic oxidation sites excluding steroid dienone is 3. The van der Waals surface area contributed by atoms with E-state index in [0.29, 0.717) is 12.1 Å². The van der Waals surface area contributed by atoms with E-state index < -0.39 is 5.92 Å². The summed E-state index contributed by atoms with van der Waals surface area (Å²) in [6, 6.07) is 0. The number of aryl methyl sites for hydroxylation is 1. The number of aromatic nitrogens is 1. The fraction of sp³-hybridized carbons (Fsp3) is 0.267. The minimum absolute atomic E-state index is 0.222. The average Bonchev–Trinajstić information content (AvgIpc) is 2.92. The van der Waals surface area contributed by atoms with E-state index in [1.807, 2.05) is 12.3 Å². The maximum Gasteiger partial charge on any atom is 0.276 e. The first-order valence-corrected chi connectivity index (χ1v) is 7.65. The van der Waals surface area contributed by atoms with Crippen LogP contribution < -0.4 is 0 Å². The lowest BCUT2D eigenvalue weighted by atomic mass is 9.91. The summed E-state index contributed by atoms with van der Waals surface area (Å²) in [4.78, 5) is 30.2. The van der Waals surface area contributed by atoms with Crippen LogP contribution in [0.4, 0.5) is 0 Å². The van der Waals surface area contributed by atoms with Crippen LogP contribution in [0.1, 0.15) is 10.7 Å². The second kappa shape index (κ2) is 5.76. The molecule has 0 saturated carbocycles. The van der Waals surface area contributed by atoms with E-state index in [0.717, 1.165) is 10.7 Å². The Hall–Kier alpha value is -2.41. The molecule has 2 aliphatic rings. The Kier molecular flexibility index (Phi) is 3.81. The molecule has 22 heavy (non-hydrogen) atoms. The number of carbonyl (C=O) groups excluding carboxylic acids is 2. The zero-order valence-electron chi connectivity index (χ0n) is 12.2. The van der Waals surface area contributed by atoms with E-state index in [1.54, 1.807) is 42.7 Å². The molecule has 6 nitrogen and oxygen atoms in total. The quantitative estimate of drug-likeness (QED) is 0.859. The van der Waals surface area contributed by atoms with Crippen LogP contribution in [0.3, 0.4) is 0 Å². The first-order chi connectivity index (χ1) is 10.6. The highest BCUT2D eigenvalue weighted by Crippen LogP contribution is 2.29. The van der Waals surface area contributed by atoms with E-state index in [4.69, 9.17) is 0 Å². The maximum absolute atomic E-state index is 12.6. The molecule has 0 saturated heterocycles. The van der Waals surface area contributed by atoms with Crippen LogP contribution in [0, 0.1) is 12.8 Å². The van der Waals surface area contributed by atoms with Gasteiger partial charge in [-0.25, -0.2) is 4.98 Å². The lowest BCUT2D eigenvalue weighted by molar-refractivity contribution is -0.126. The van der Waals surface area contributed by atoms with Crippen molar-refractivity contribution in [1.29, 1.82) is 0 Å². The van der Waals surface area contributed by atoms with Crippen molar-refractivity contribution in [3.05, 3.63) is 51.7 Å². The minimum atomic E-state index is -0.503. The van der Waals surface area contributed by atoms with Gasteiger partial charge in [-0.1, -0.05) is 24.3 Å². The molecule has 0 radical (unpaired) electrons. The summed E-state index contributed by atoms with van der Waals surface area (Å²) in [6.45, 7) is 2.32. The third-order valence-corrected chi connectivity index (χ3v) is 4.25. The number of carbonyl (C=O) groups is 2. The monoisotopic (exact) mass is 314 g/mol. The predicted molar refractivity (Wildman–Crippen MR) is 82.0 cm³/mol. The second-order valence-corrected chi connectivity index (χ2v) is 6.15. The number of rotatable bonds is 3. The van der Waals surface area contributed by atoms with Gasteiger partial charge in [-0.2, -0.15) is 0 Å². The van der Waals surface area contributed by atoms with Crippen molar-refractivity contribution in [3.8, 4) is 0 Å². The smallest absolute Gasteiger partial charge is 0.276 e. The molecule has 112 valence electrons. The van der Waals surface area contributed by atoms with E-state index in [9.17, 15) is 9.59 Å². The number of likely N-dealkylation sites (N-methyl/N-ethyl adjacent to an activating group) is 1. The Morgan fingerprint density at radius 2 is 2.18 bits per heavy atom. The summed E-state index contributed by atoms with van der Waals surface area (Å²) in [5, 5.41) is 10.3. The van der Waals surface area contributed by atoms with Crippen molar-refractivity contribution < 1.29 is 9.59 Å². The van der Waals surface area contributed by atoms with Crippen molar-refractivity contribution in [1.82, 2.24) is 9.88 Å². The molecule has 1 unspecified atom stereocenters. The summed E-state index contributed by atoms with van der Waals surface area (Å²) in [6.07, 6.45) is 7.04. The van der Waals surface area contributed by atoms with E-state index in [-0.39, 0.29) is 17.5 Å². The van der Waals surface area contributed by atoms with Gasteiger partial charge in [0.1, 0.15) is 0 Å². The van der Waals surface area contributed by atoms with Gasteiger partial charge in [0.15, 0.2) is 5.70 Å². The molecule has 1 aliphatic carbocycles. The molecule has 1 aliphatic heterocycles. The van der Waals surface area contributed by atoms with Gasteiger partial charge in [0.05, 0.1) is 23.2 Å². The van der Waals surface area contributed by atoms with Crippen molar-refractivity contribution in [2.45, 2.75) is 13.5 Å². The lowest BCUT2D eigenvalue weighted by Crippen LogP contribution is -2.30.